The highest BCUT2D eigenvalue weighted by molar-refractivity contribution is 6.31. The van der Waals surface area contributed by atoms with Gasteiger partial charge in [-0.3, -0.25) is 9.69 Å². The number of aliphatic hydroxyl groups is 1. The van der Waals surface area contributed by atoms with E-state index in [2.05, 4.69) is 60.7 Å². The molecule has 8 rings (SSSR count). The number of carbonyl (C=O) groups excluding carboxylic acids is 2. The minimum Gasteiger partial charge on any atom is -0.448 e. The molecule has 0 radical (unpaired) electrons. The largest absolute Gasteiger partial charge is 0.448 e. The lowest BCUT2D eigenvalue weighted by molar-refractivity contribution is -0.173. The highest BCUT2D eigenvalue weighted by Crippen LogP contribution is 2.46. The van der Waals surface area contributed by atoms with Crippen LogP contribution in [0.1, 0.15) is 109 Å². The number of nitrogens with zero attached hydrogens (tertiary/aromatic N) is 2. The Morgan fingerprint density at radius 3 is 2.00 bits per heavy atom. The third-order valence-corrected chi connectivity index (χ3v) is 13.8. The normalized spacial score (nSPS) is 19.4. The van der Waals surface area contributed by atoms with Gasteiger partial charge in [-0.05, 0) is 89.5 Å². The van der Waals surface area contributed by atoms with Gasteiger partial charge in [0.05, 0.1) is 13.2 Å². The highest BCUT2D eigenvalue weighted by Gasteiger charge is 2.44. The quantitative estimate of drug-likeness (QED) is 0.0763. The molecule has 0 bridgehead atoms. The van der Waals surface area contributed by atoms with E-state index in [0.717, 1.165) is 59.1 Å². The van der Waals surface area contributed by atoms with E-state index in [1.54, 1.807) is 11.9 Å². The summed E-state index contributed by atoms with van der Waals surface area (Å²) in [6.45, 7) is 1.58. The van der Waals surface area contributed by atoms with Gasteiger partial charge in [-0.15, -0.1) is 0 Å². The lowest BCUT2D eigenvalue weighted by Crippen LogP contribution is -2.54. The smallest absolute Gasteiger partial charge is 0.410 e. The molecular weight excluding hydrogens is 820 g/mol. The topological polar surface area (TPSA) is 88.5 Å². The SMILES string of the molecule is CN(C(=O)OCC1c2ccccc2-c2ccccc21)[C@@H](CC(O)OC(c1ccccc1)(c1ccc(C2CCCC/C=C\CCCCC2)cc1)c1ccccc1Cl)C(=O)N1CCOCC1. The Morgan fingerprint density at radius 1 is 0.750 bits per heavy atom. The Kier molecular flexibility index (Phi) is 15.3. The summed E-state index contributed by atoms with van der Waals surface area (Å²) in [4.78, 5) is 31.7. The first-order chi connectivity index (χ1) is 31.3. The van der Waals surface area contributed by atoms with Crippen LogP contribution in [-0.4, -0.2) is 79.2 Å². The molecule has 5 aromatic rings. The van der Waals surface area contributed by atoms with Gasteiger partial charge in [0.25, 0.3) is 0 Å². The summed E-state index contributed by atoms with van der Waals surface area (Å²) >= 11 is 7.13. The van der Waals surface area contributed by atoms with E-state index in [4.69, 9.17) is 25.8 Å². The molecule has 2 amide bonds. The molecule has 4 atom stereocenters. The van der Waals surface area contributed by atoms with E-state index in [1.165, 1.54) is 42.6 Å². The van der Waals surface area contributed by atoms with Crippen LogP contribution >= 0.6 is 11.6 Å². The Morgan fingerprint density at radius 2 is 1.33 bits per heavy atom. The molecule has 1 fully saturated rings. The number of likely N-dealkylation sites (N-methyl/N-ethyl adjacent to an activating group) is 1. The molecule has 334 valence electrons. The summed E-state index contributed by atoms with van der Waals surface area (Å²) in [7, 11) is 1.56. The number of hydrogen-bond acceptors (Lipinski definition) is 6. The van der Waals surface area contributed by atoms with Crippen molar-refractivity contribution in [2.45, 2.75) is 94.0 Å². The second kappa shape index (κ2) is 21.6. The molecular formula is C55H61ClN2O6. The van der Waals surface area contributed by atoms with E-state index in [1.807, 2.05) is 78.9 Å². The molecule has 8 nitrogen and oxygen atoms in total. The van der Waals surface area contributed by atoms with Crippen LogP contribution in [0.25, 0.3) is 11.1 Å². The number of aliphatic hydroxyl groups excluding tert-OH is 1. The minimum absolute atomic E-state index is 0.0898. The van der Waals surface area contributed by atoms with Gasteiger partial charge in [-0.2, -0.15) is 0 Å². The number of fused-ring (bicyclic) bond motifs is 3. The summed E-state index contributed by atoms with van der Waals surface area (Å²) in [5.74, 6) is -0.0357. The monoisotopic (exact) mass is 880 g/mol. The second-order valence-corrected chi connectivity index (χ2v) is 17.8. The summed E-state index contributed by atoms with van der Waals surface area (Å²) in [6, 6.07) is 41.2. The van der Waals surface area contributed by atoms with E-state index >= 15 is 0 Å². The van der Waals surface area contributed by atoms with Crippen molar-refractivity contribution in [3.63, 3.8) is 0 Å². The first-order valence-corrected chi connectivity index (χ1v) is 23.6. The van der Waals surface area contributed by atoms with Crippen LogP contribution in [0.4, 0.5) is 4.79 Å². The van der Waals surface area contributed by atoms with Gasteiger partial charge in [0, 0.05) is 43.1 Å². The number of allylic oxidation sites excluding steroid dienone is 2. The van der Waals surface area contributed by atoms with Crippen molar-refractivity contribution in [2.75, 3.05) is 40.0 Å². The van der Waals surface area contributed by atoms with Gasteiger partial charge in [0.1, 0.15) is 18.2 Å². The van der Waals surface area contributed by atoms with Gasteiger partial charge in [0.2, 0.25) is 5.91 Å². The minimum atomic E-state index is -1.55. The molecule has 0 spiro atoms. The van der Waals surface area contributed by atoms with E-state index < -0.39 is 24.0 Å². The first-order valence-electron chi connectivity index (χ1n) is 23.2. The highest BCUT2D eigenvalue weighted by atomic mass is 35.5. The number of benzene rings is 5. The fraction of sp³-hybridized carbons (Fsp3) is 0.382. The van der Waals surface area contributed by atoms with Crippen molar-refractivity contribution >= 4 is 23.6 Å². The number of morpholine rings is 1. The molecule has 64 heavy (non-hydrogen) atoms. The summed E-state index contributed by atoms with van der Waals surface area (Å²) < 4.78 is 18.7. The van der Waals surface area contributed by atoms with E-state index in [9.17, 15) is 14.7 Å². The molecule has 2 aliphatic carbocycles. The number of ether oxygens (including phenoxy) is 3. The maximum absolute atomic E-state index is 14.5. The van der Waals surface area contributed by atoms with Crippen LogP contribution in [0.15, 0.2) is 140 Å². The Labute approximate surface area is 383 Å². The predicted molar refractivity (Wildman–Crippen MR) is 253 cm³/mol. The number of hydrogen-bond donors (Lipinski definition) is 1. The number of amides is 2. The summed E-state index contributed by atoms with van der Waals surface area (Å²) in [5.41, 5.74) is 6.51. The maximum atomic E-state index is 14.5. The molecule has 5 aromatic carbocycles. The van der Waals surface area contributed by atoms with Crippen LogP contribution in [0.5, 0.6) is 0 Å². The Bertz CT molecular complexity index is 2300. The average molecular weight is 882 g/mol. The van der Waals surface area contributed by atoms with Crippen molar-refractivity contribution in [3.8, 4) is 11.1 Å². The zero-order valence-corrected chi connectivity index (χ0v) is 37.7. The molecule has 0 saturated carbocycles. The van der Waals surface area contributed by atoms with Crippen LogP contribution < -0.4 is 0 Å². The lowest BCUT2D eigenvalue weighted by atomic mass is 9.78. The maximum Gasteiger partial charge on any atom is 0.410 e. The van der Waals surface area contributed by atoms with Gasteiger partial charge in [0.15, 0.2) is 6.29 Å². The standard InChI is InChI=1S/C55H61ClN2O6/c1-57(54(61)63-39-48-46-26-16-14-24-44(46)45-25-15-17-27-47(45)48)51(53(60)58-34-36-62-37-35-58)38-52(59)64-55(42-22-12-9-13-23-42,49-28-18-19-29-50(49)56)43-32-30-41(31-33-43)40-20-10-7-5-3-2-4-6-8-11-21-40/h2-3,9,12-19,22-33,40,48,51-52,59H,4-8,10-11,20-21,34-39H2,1H3/b3-2-/t40?,51-,52?,55?/m0/s1. The zero-order chi connectivity index (χ0) is 44.3. The van der Waals surface area contributed by atoms with E-state index in [0.29, 0.717) is 42.8 Å². The zero-order valence-electron chi connectivity index (χ0n) is 37.0. The van der Waals surface area contributed by atoms with Crippen molar-refractivity contribution in [1.29, 1.82) is 0 Å². The average Bonchev–Trinajstić information content (AvgIpc) is 3.65. The number of carbonyl (C=O) groups is 2. The molecule has 3 unspecified atom stereocenters. The number of rotatable bonds is 12. The summed E-state index contributed by atoms with van der Waals surface area (Å²) in [5, 5.41) is 12.9. The van der Waals surface area contributed by atoms with E-state index in [-0.39, 0.29) is 24.9 Å². The third kappa shape index (κ3) is 10.2. The van der Waals surface area contributed by atoms with Crippen molar-refractivity contribution in [1.82, 2.24) is 9.80 Å². The van der Waals surface area contributed by atoms with Crippen LogP contribution in [0.2, 0.25) is 5.02 Å². The van der Waals surface area contributed by atoms with Gasteiger partial charge >= 0.3 is 6.09 Å². The van der Waals surface area contributed by atoms with Crippen LogP contribution in [0.3, 0.4) is 0 Å². The fourth-order valence-corrected chi connectivity index (χ4v) is 10.2. The molecule has 1 aliphatic heterocycles. The van der Waals surface area contributed by atoms with Crippen molar-refractivity contribution < 1.29 is 28.9 Å². The molecule has 9 heteroatoms. The molecule has 1 N–H and O–H groups in total. The molecule has 0 aromatic heterocycles. The van der Waals surface area contributed by atoms with Crippen molar-refractivity contribution in [3.05, 3.63) is 178 Å². The molecule has 3 aliphatic rings. The summed E-state index contributed by atoms with van der Waals surface area (Å²) in [6.07, 6.45) is 12.8. The van der Waals surface area contributed by atoms with Crippen LogP contribution in [-0.2, 0) is 24.6 Å². The fourth-order valence-electron chi connectivity index (χ4n) is 9.97. The number of halogens is 1. The molecule has 1 saturated heterocycles. The lowest BCUT2D eigenvalue weighted by Gasteiger charge is -2.40. The molecule has 1 heterocycles. The van der Waals surface area contributed by atoms with Gasteiger partial charge in [-0.1, -0.05) is 164 Å². The van der Waals surface area contributed by atoms with Gasteiger partial charge < -0.3 is 24.2 Å². The van der Waals surface area contributed by atoms with Crippen molar-refractivity contribution in [2.24, 2.45) is 0 Å². The third-order valence-electron chi connectivity index (χ3n) is 13.4. The predicted octanol–water partition coefficient (Wildman–Crippen LogP) is 11.6. The Hall–Kier alpha value is -5.25. The van der Waals surface area contributed by atoms with Gasteiger partial charge in [-0.25, -0.2) is 4.79 Å². The first kappa shape index (κ1) is 45.3. The van der Waals surface area contributed by atoms with Crippen LogP contribution in [0, 0.1) is 0 Å². The second-order valence-electron chi connectivity index (χ2n) is 17.4. The Balaban J connectivity index is 1.10.